The van der Waals surface area contributed by atoms with Crippen molar-refractivity contribution in [3.05, 3.63) is 58.4 Å². The first kappa shape index (κ1) is 20.0. The molecule has 0 saturated heterocycles. The number of thiophene rings is 1. The summed E-state index contributed by atoms with van der Waals surface area (Å²) in [5, 5.41) is 8.52. The van der Waals surface area contributed by atoms with E-state index in [1.165, 1.54) is 11.3 Å². The second kappa shape index (κ2) is 8.62. The minimum atomic E-state index is -3.35. The van der Waals surface area contributed by atoms with Crippen LogP contribution in [0.3, 0.4) is 0 Å². The van der Waals surface area contributed by atoms with Crippen LogP contribution in [0.2, 0.25) is 0 Å². The first-order valence-corrected chi connectivity index (χ1v) is 12.4. The molecule has 152 valence electrons. The maximum Gasteiger partial charge on any atom is 0.212 e. The summed E-state index contributed by atoms with van der Waals surface area (Å²) in [7, 11) is -1.75. The molecular weight excluding hydrogens is 428 g/mol. The number of rotatable bonds is 9. The number of nitrogens with one attached hydrogen (secondary N) is 1. The van der Waals surface area contributed by atoms with Crippen LogP contribution < -0.4 is 9.46 Å². The average molecular weight is 449 g/mol. The Morgan fingerprint density at radius 1 is 1.14 bits per heavy atom. The Labute approximate surface area is 177 Å². The Hall–Kier alpha value is -2.27. The van der Waals surface area contributed by atoms with Crippen molar-refractivity contribution < 1.29 is 13.2 Å². The van der Waals surface area contributed by atoms with E-state index in [1.807, 2.05) is 47.2 Å². The average Bonchev–Trinajstić information content (AvgIpc) is 3.45. The van der Waals surface area contributed by atoms with Crippen molar-refractivity contribution in [2.75, 3.05) is 19.4 Å². The minimum Gasteiger partial charge on any atom is -0.497 e. The molecule has 0 radical (unpaired) electrons. The molecule has 0 aliphatic heterocycles. The molecule has 3 heterocycles. The second-order valence-electron chi connectivity index (χ2n) is 6.40. The van der Waals surface area contributed by atoms with Gasteiger partial charge in [-0.2, -0.15) is 4.98 Å². The lowest BCUT2D eigenvalue weighted by molar-refractivity contribution is 0.414. The van der Waals surface area contributed by atoms with Crippen LogP contribution in [0.25, 0.3) is 15.7 Å². The van der Waals surface area contributed by atoms with Gasteiger partial charge in [0.2, 0.25) is 15.0 Å². The molecule has 1 N–H and O–H groups in total. The van der Waals surface area contributed by atoms with E-state index in [9.17, 15) is 8.42 Å². The minimum absolute atomic E-state index is 0.0459. The third-order valence-corrected chi connectivity index (χ3v) is 7.53. The largest absolute Gasteiger partial charge is 0.497 e. The molecule has 0 unspecified atom stereocenters. The summed E-state index contributed by atoms with van der Waals surface area (Å²) >= 11 is 3.10. The number of aryl methyl sites for hydroxylation is 1. The van der Waals surface area contributed by atoms with Gasteiger partial charge in [0.05, 0.1) is 23.4 Å². The Morgan fingerprint density at radius 3 is 2.69 bits per heavy atom. The van der Waals surface area contributed by atoms with E-state index >= 15 is 0 Å². The SMILES string of the molecule is COc1ccc(CCS(=O)(=O)NCCc2csc3nc(-c4cccs4)nn23)cc1. The van der Waals surface area contributed by atoms with E-state index in [0.717, 1.165) is 26.8 Å². The molecule has 0 aliphatic carbocycles. The third kappa shape index (κ3) is 4.84. The maximum absolute atomic E-state index is 12.3. The topological polar surface area (TPSA) is 85.6 Å². The molecule has 29 heavy (non-hydrogen) atoms. The quantitative estimate of drug-likeness (QED) is 0.425. The molecule has 4 rings (SSSR count). The molecule has 0 spiro atoms. The van der Waals surface area contributed by atoms with Gasteiger partial charge in [0.15, 0.2) is 5.82 Å². The molecule has 0 amide bonds. The van der Waals surface area contributed by atoms with Crippen LogP contribution in [0.15, 0.2) is 47.2 Å². The van der Waals surface area contributed by atoms with Crippen molar-refractivity contribution in [3.63, 3.8) is 0 Å². The summed E-state index contributed by atoms with van der Waals surface area (Å²) in [6.45, 7) is 0.324. The molecule has 4 aromatic rings. The highest BCUT2D eigenvalue weighted by Gasteiger charge is 2.14. The first-order chi connectivity index (χ1) is 14.0. The number of hydrogen-bond donors (Lipinski definition) is 1. The Balaban J connectivity index is 1.33. The highest BCUT2D eigenvalue weighted by molar-refractivity contribution is 7.89. The van der Waals surface area contributed by atoms with E-state index in [2.05, 4.69) is 14.8 Å². The van der Waals surface area contributed by atoms with Gasteiger partial charge in [-0.25, -0.2) is 17.7 Å². The van der Waals surface area contributed by atoms with Crippen molar-refractivity contribution in [2.45, 2.75) is 12.8 Å². The van der Waals surface area contributed by atoms with Crippen LogP contribution >= 0.6 is 22.7 Å². The highest BCUT2D eigenvalue weighted by Crippen LogP contribution is 2.24. The van der Waals surface area contributed by atoms with Crippen LogP contribution in [-0.4, -0.2) is 42.4 Å². The molecule has 3 aromatic heterocycles. The van der Waals surface area contributed by atoms with Crippen LogP contribution in [0.4, 0.5) is 0 Å². The lowest BCUT2D eigenvalue weighted by Gasteiger charge is -2.07. The van der Waals surface area contributed by atoms with Crippen molar-refractivity contribution >= 4 is 37.7 Å². The van der Waals surface area contributed by atoms with Gasteiger partial charge in [-0.3, -0.25) is 0 Å². The van der Waals surface area contributed by atoms with Crippen molar-refractivity contribution in [2.24, 2.45) is 0 Å². The number of methoxy groups -OCH3 is 1. The van der Waals surface area contributed by atoms with Gasteiger partial charge < -0.3 is 4.74 Å². The summed E-state index contributed by atoms with van der Waals surface area (Å²) in [4.78, 5) is 6.37. The number of benzene rings is 1. The van der Waals surface area contributed by atoms with E-state index in [4.69, 9.17) is 4.74 Å². The third-order valence-electron chi connectivity index (χ3n) is 4.41. The van der Waals surface area contributed by atoms with Crippen molar-refractivity contribution in [1.29, 1.82) is 0 Å². The van der Waals surface area contributed by atoms with Gasteiger partial charge in [-0.15, -0.1) is 27.8 Å². The van der Waals surface area contributed by atoms with Gasteiger partial charge in [0, 0.05) is 18.3 Å². The molecule has 0 aliphatic rings. The fourth-order valence-corrected chi connectivity index (χ4v) is 5.43. The monoisotopic (exact) mass is 448 g/mol. The summed E-state index contributed by atoms with van der Waals surface area (Å²) in [5.41, 5.74) is 1.90. The van der Waals surface area contributed by atoms with E-state index in [1.54, 1.807) is 23.0 Å². The number of aromatic nitrogens is 3. The molecule has 0 fully saturated rings. The summed E-state index contributed by atoms with van der Waals surface area (Å²) < 4.78 is 34.2. The number of sulfonamides is 1. The zero-order valence-electron chi connectivity index (χ0n) is 15.7. The summed E-state index contributed by atoms with van der Waals surface area (Å²) in [6, 6.07) is 11.4. The molecule has 1 aromatic carbocycles. The number of thiazole rings is 1. The Bertz CT molecular complexity index is 1180. The van der Waals surface area contributed by atoms with E-state index in [-0.39, 0.29) is 5.75 Å². The highest BCUT2D eigenvalue weighted by atomic mass is 32.2. The number of hydrogen-bond acceptors (Lipinski definition) is 7. The van der Waals surface area contributed by atoms with E-state index in [0.29, 0.717) is 25.2 Å². The fourth-order valence-electron chi connectivity index (χ4n) is 2.86. The number of ether oxygens (including phenoxy) is 1. The van der Waals surface area contributed by atoms with Gasteiger partial charge in [-0.1, -0.05) is 18.2 Å². The zero-order chi connectivity index (χ0) is 20.3. The smallest absolute Gasteiger partial charge is 0.212 e. The predicted octanol–water partition coefficient (Wildman–Crippen LogP) is 3.23. The Morgan fingerprint density at radius 2 is 1.97 bits per heavy atom. The lowest BCUT2D eigenvalue weighted by Crippen LogP contribution is -2.29. The summed E-state index contributed by atoms with van der Waals surface area (Å²) in [5.74, 6) is 1.50. The van der Waals surface area contributed by atoms with Gasteiger partial charge in [0.25, 0.3) is 0 Å². The molecule has 10 heteroatoms. The molecule has 0 atom stereocenters. The molecule has 0 saturated carbocycles. The normalized spacial score (nSPS) is 11.9. The van der Waals surface area contributed by atoms with Crippen LogP contribution in [0.5, 0.6) is 5.75 Å². The number of fused-ring (bicyclic) bond motifs is 1. The second-order valence-corrected chi connectivity index (χ2v) is 10.1. The van der Waals surface area contributed by atoms with Crippen molar-refractivity contribution in [1.82, 2.24) is 19.3 Å². The predicted molar refractivity (Wildman–Crippen MR) is 116 cm³/mol. The zero-order valence-corrected chi connectivity index (χ0v) is 18.2. The van der Waals surface area contributed by atoms with Crippen LogP contribution in [-0.2, 0) is 22.9 Å². The van der Waals surface area contributed by atoms with Crippen molar-refractivity contribution in [3.8, 4) is 16.5 Å². The van der Waals surface area contributed by atoms with E-state index < -0.39 is 10.0 Å². The molecule has 7 nitrogen and oxygen atoms in total. The standard InChI is InChI=1S/C19H20N4O3S3/c1-26-16-6-4-14(5-7-16)9-12-29(24,25)20-10-8-15-13-28-19-21-18(22-23(15)19)17-3-2-11-27-17/h2-7,11,13,20H,8-10,12H2,1H3. The van der Waals surface area contributed by atoms with Gasteiger partial charge in [0.1, 0.15) is 5.75 Å². The number of nitrogens with zero attached hydrogens (tertiary/aromatic N) is 3. The first-order valence-electron chi connectivity index (χ1n) is 9.01. The van der Waals surface area contributed by atoms with Crippen LogP contribution in [0, 0.1) is 0 Å². The maximum atomic E-state index is 12.3. The van der Waals surface area contributed by atoms with Crippen LogP contribution in [0.1, 0.15) is 11.3 Å². The summed E-state index contributed by atoms with van der Waals surface area (Å²) in [6.07, 6.45) is 1.00. The van der Waals surface area contributed by atoms with Gasteiger partial charge in [-0.05, 0) is 35.6 Å². The molecular formula is C19H20N4O3S3. The lowest BCUT2D eigenvalue weighted by atomic mass is 10.2. The molecule has 0 bridgehead atoms. The van der Waals surface area contributed by atoms with Gasteiger partial charge >= 0.3 is 0 Å². The Kier molecular flexibility index (Phi) is 5.95. The fraction of sp³-hybridized carbons (Fsp3) is 0.263.